The van der Waals surface area contributed by atoms with E-state index < -0.39 is 5.41 Å². The fourth-order valence-electron chi connectivity index (χ4n) is 12.4. The first-order chi connectivity index (χ1) is 20.1. The molecule has 0 aromatic carbocycles. The summed E-state index contributed by atoms with van der Waals surface area (Å²) in [5.74, 6) is 3.80. The molecule has 0 spiro atoms. The van der Waals surface area contributed by atoms with Crippen LogP contribution in [0.1, 0.15) is 152 Å². The van der Waals surface area contributed by atoms with Crippen LogP contribution in [0.5, 0.6) is 0 Å². The van der Waals surface area contributed by atoms with Crippen molar-refractivity contribution in [1.82, 2.24) is 0 Å². The third-order valence-electron chi connectivity index (χ3n) is 15.2. The first-order valence-corrected chi connectivity index (χ1v) is 18.2. The number of hydrogen-bond donors (Lipinski definition) is 1. The number of carbonyl (C=O) groups excluding carboxylic acids is 1. The summed E-state index contributed by atoms with van der Waals surface area (Å²) in [4.78, 5) is 11.9. The lowest BCUT2D eigenvalue weighted by molar-refractivity contribution is -0.251. The second-order valence-corrected chi connectivity index (χ2v) is 18.3. The normalized spacial score (nSPS) is 44.3. The standard InChI is InChI=1S/C40H66O3/c1-10-11-12-13-29(25-35(3,4)26-41)43-34-18-19-37(7)32(36(34,5)6)17-20-39(9)33(37)15-14-30-31-24-28(2)16-21-40(31,27-42)23-22-38(30,39)8/h13,16,26,30-34,42H,10-12,14-15,17-25,27H2,1-9H3/b29-13-/t30?,31-,32?,33?,34?,37?,38-,39-,40?/m1/s1. The lowest BCUT2D eigenvalue weighted by Crippen LogP contribution is -2.67. The Morgan fingerprint density at radius 1 is 0.977 bits per heavy atom. The summed E-state index contributed by atoms with van der Waals surface area (Å²) in [5.41, 5.74) is 2.38. The van der Waals surface area contributed by atoms with Crippen LogP contribution in [0, 0.1) is 56.2 Å². The SMILES string of the molecule is CCCC/C=C(/CC(C)(C)C=O)OC1CCC2(C)C(CC[C@]3(C)C2CCC2[C@H]4CC(C)=CCC4(CO)CC[C@]23C)C1(C)C. The van der Waals surface area contributed by atoms with Gasteiger partial charge in [-0.05, 0) is 130 Å². The molecule has 0 radical (unpaired) electrons. The van der Waals surface area contributed by atoms with Gasteiger partial charge in [0.1, 0.15) is 12.4 Å². The van der Waals surface area contributed by atoms with Gasteiger partial charge in [-0.15, -0.1) is 0 Å². The maximum absolute atomic E-state index is 11.9. The molecule has 3 nitrogen and oxygen atoms in total. The van der Waals surface area contributed by atoms with E-state index in [0.717, 1.165) is 43.1 Å². The second-order valence-electron chi connectivity index (χ2n) is 18.3. The molecule has 6 unspecified atom stereocenters. The minimum atomic E-state index is -0.396. The Morgan fingerprint density at radius 3 is 2.40 bits per heavy atom. The smallest absolute Gasteiger partial charge is 0.126 e. The molecule has 5 aliphatic rings. The summed E-state index contributed by atoms with van der Waals surface area (Å²) in [7, 11) is 0. The molecule has 0 bridgehead atoms. The highest BCUT2D eigenvalue weighted by Crippen LogP contribution is 2.76. The van der Waals surface area contributed by atoms with Gasteiger partial charge in [0.25, 0.3) is 0 Å². The molecule has 0 heterocycles. The molecule has 9 atom stereocenters. The van der Waals surface area contributed by atoms with Crippen LogP contribution in [-0.2, 0) is 9.53 Å². The van der Waals surface area contributed by atoms with Crippen molar-refractivity contribution in [1.29, 1.82) is 0 Å². The molecule has 0 amide bonds. The highest BCUT2D eigenvalue weighted by molar-refractivity contribution is 5.58. The molecule has 0 aromatic rings. The van der Waals surface area contributed by atoms with E-state index in [1.165, 1.54) is 64.2 Å². The van der Waals surface area contributed by atoms with Crippen LogP contribution < -0.4 is 0 Å². The number of aliphatic hydroxyl groups is 1. The number of allylic oxidation sites excluding steroid dienone is 4. The van der Waals surface area contributed by atoms with Gasteiger partial charge in [-0.3, -0.25) is 0 Å². The Bertz CT molecular complexity index is 1100. The summed E-state index contributed by atoms with van der Waals surface area (Å²) >= 11 is 0. The highest BCUT2D eigenvalue weighted by atomic mass is 16.5. The van der Waals surface area contributed by atoms with Gasteiger partial charge in [0.2, 0.25) is 0 Å². The largest absolute Gasteiger partial charge is 0.495 e. The molecule has 5 rings (SSSR count). The number of aliphatic hydroxyl groups excluding tert-OH is 1. The Kier molecular flexibility index (Phi) is 8.99. The van der Waals surface area contributed by atoms with Crippen molar-refractivity contribution in [3.8, 4) is 0 Å². The van der Waals surface area contributed by atoms with Crippen LogP contribution in [0.25, 0.3) is 0 Å². The zero-order chi connectivity index (χ0) is 31.5. The van der Waals surface area contributed by atoms with Crippen molar-refractivity contribution in [2.75, 3.05) is 6.61 Å². The predicted octanol–water partition coefficient (Wildman–Crippen LogP) is 10.5. The van der Waals surface area contributed by atoms with E-state index in [9.17, 15) is 9.90 Å². The van der Waals surface area contributed by atoms with Gasteiger partial charge in [0.15, 0.2) is 0 Å². The zero-order valence-corrected chi connectivity index (χ0v) is 29.5. The summed E-state index contributed by atoms with van der Waals surface area (Å²) in [5, 5.41) is 10.7. The number of aldehydes is 1. The minimum Gasteiger partial charge on any atom is -0.495 e. The van der Waals surface area contributed by atoms with E-state index >= 15 is 0 Å². The summed E-state index contributed by atoms with van der Waals surface area (Å²) in [6.45, 7) is 22.1. The molecule has 4 saturated carbocycles. The van der Waals surface area contributed by atoms with Gasteiger partial charge >= 0.3 is 0 Å². The summed E-state index contributed by atoms with van der Waals surface area (Å²) < 4.78 is 7.02. The van der Waals surface area contributed by atoms with E-state index in [1.54, 1.807) is 5.57 Å². The Balaban J connectivity index is 1.40. The average molecular weight is 595 g/mol. The quantitative estimate of drug-likeness (QED) is 0.125. The van der Waals surface area contributed by atoms with Crippen molar-refractivity contribution in [2.45, 2.75) is 158 Å². The highest BCUT2D eigenvalue weighted by Gasteiger charge is 2.69. The van der Waals surface area contributed by atoms with Gasteiger partial charge in [-0.25, -0.2) is 0 Å². The first-order valence-electron chi connectivity index (χ1n) is 18.2. The van der Waals surface area contributed by atoms with Crippen LogP contribution in [-0.4, -0.2) is 24.1 Å². The van der Waals surface area contributed by atoms with Gasteiger partial charge in [0, 0.05) is 29.3 Å². The maximum Gasteiger partial charge on any atom is 0.126 e. The minimum absolute atomic E-state index is 0.0884. The van der Waals surface area contributed by atoms with Gasteiger partial charge in [0.05, 0.1) is 5.76 Å². The van der Waals surface area contributed by atoms with Crippen molar-refractivity contribution in [2.24, 2.45) is 56.2 Å². The molecule has 3 heteroatoms. The Hall–Kier alpha value is -1.09. The molecule has 0 saturated heterocycles. The molecule has 0 aliphatic heterocycles. The van der Waals surface area contributed by atoms with E-state index in [1.807, 2.05) is 13.8 Å². The van der Waals surface area contributed by atoms with Gasteiger partial charge < -0.3 is 14.6 Å². The topological polar surface area (TPSA) is 46.5 Å². The van der Waals surface area contributed by atoms with E-state index in [4.69, 9.17) is 4.74 Å². The van der Waals surface area contributed by atoms with E-state index in [-0.39, 0.29) is 16.9 Å². The van der Waals surface area contributed by atoms with Crippen LogP contribution in [0.3, 0.4) is 0 Å². The Morgan fingerprint density at radius 2 is 1.72 bits per heavy atom. The predicted molar refractivity (Wildman–Crippen MR) is 178 cm³/mol. The monoisotopic (exact) mass is 595 g/mol. The molecule has 0 aromatic heterocycles. The molecular weight excluding hydrogens is 528 g/mol. The van der Waals surface area contributed by atoms with Crippen LogP contribution in [0.4, 0.5) is 0 Å². The molecule has 1 N–H and O–H groups in total. The molecule has 5 aliphatic carbocycles. The summed E-state index contributed by atoms with van der Waals surface area (Å²) in [6.07, 6.45) is 22.5. The molecular formula is C40H66O3. The third-order valence-corrected chi connectivity index (χ3v) is 15.2. The number of fused-ring (bicyclic) bond motifs is 7. The molecule has 43 heavy (non-hydrogen) atoms. The molecule has 244 valence electrons. The van der Waals surface area contributed by atoms with Crippen molar-refractivity contribution >= 4 is 6.29 Å². The van der Waals surface area contributed by atoms with E-state index in [0.29, 0.717) is 41.1 Å². The number of carbonyl (C=O) groups is 1. The first kappa shape index (κ1) is 33.3. The van der Waals surface area contributed by atoms with E-state index in [2.05, 4.69) is 60.6 Å². The van der Waals surface area contributed by atoms with Crippen LogP contribution in [0.15, 0.2) is 23.5 Å². The fraction of sp³-hybridized carbons (Fsp3) is 0.875. The lowest BCUT2D eigenvalue weighted by Gasteiger charge is -2.73. The average Bonchev–Trinajstić information content (AvgIpc) is 2.95. The zero-order valence-electron chi connectivity index (χ0n) is 29.5. The van der Waals surface area contributed by atoms with Gasteiger partial charge in [-0.1, -0.05) is 73.5 Å². The number of hydrogen-bond acceptors (Lipinski definition) is 3. The lowest BCUT2D eigenvalue weighted by atomic mass is 9.32. The third kappa shape index (κ3) is 5.32. The van der Waals surface area contributed by atoms with Gasteiger partial charge in [-0.2, -0.15) is 0 Å². The number of unbranched alkanes of at least 4 members (excludes halogenated alkanes) is 2. The van der Waals surface area contributed by atoms with Crippen molar-refractivity contribution in [3.63, 3.8) is 0 Å². The van der Waals surface area contributed by atoms with Crippen molar-refractivity contribution in [3.05, 3.63) is 23.5 Å². The van der Waals surface area contributed by atoms with Crippen molar-refractivity contribution < 1.29 is 14.6 Å². The van der Waals surface area contributed by atoms with Crippen LogP contribution >= 0.6 is 0 Å². The van der Waals surface area contributed by atoms with Crippen LogP contribution in [0.2, 0.25) is 0 Å². The number of rotatable bonds is 9. The maximum atomic E-state index is 11.9. The summed E-state index contributed by atoms with van der Waals surface area (Å²) in [6, 6.07) is 0. The Labute approximate surface area is 265 Å². The molecule has 4 fully saturated rings. The second kappa shape index (κ2) is 11.6. The number of ether oxygens (including phenoxy) is 1. The fourth-order valence-corrected chi connectivity index (χ4v) is 12.4.